The summed E-state index contributed by atoms with van der Waals surface area (Å²) >= 11 is 0. The molecule has 0 spiro atoms. The first-order valence-electron chi connectivity index (χ1n) is 21.7. The fourth-order valence-corrected chi connectivity index (χ4v) is 8.04. The van der Waals surface area contributed by atoms with Crippen molar-refractivity contribution in [3.05, 3.63) is 35.4 Å². The first-order valence-corrected chi connectivity index (χ1v) is 21.7. The van der Waals surface area contributed by atoms with Gasteiger partial charge in [0, 0.05) is 23.7 Å². The molecule has 0 aromatic heterocycles. The topological polar surface area (TPSA) is 127 Å². The summed E-state index contributed by atoms with van der Waals surface area (Å²) in [4.78, 5) is 29.0. The first kappa shape index (κ1) is 45.1. The van der Waals surface area contributed by atoms with Crippen molar-refractivity contribution in [3.63, 3.8) is 0 Å². The normalized spacial score (nSPS) is 21.4. The molecule has 0 amide bonds. The third kappa shape index (κ3) is 11.6. The number of ether oxygens (including phenoxy) is 2. The highest BCUT2D eigenvalue weighted by Gasteiger charge is 2.52. The fraction of sp³-hybridized carbons (Fsp3) is 0.773. The standard InChI is InChI=1S/C44H72N6O4/c1-9-15-19-23-27-33(7)43(39(45-49-47-43)35(13-5)29-21-17-11-3)53-41(51)37-31-25-26-32-38(37)42(52)54-44(34(8)28-24-20-16-10-2)40(46-50-48-44)36(14-6)30-22-18-12-4/h25-26,31-36H,9-24,27-30H2,1-8H3. The minimum Gasteiger partial charge on any atom is -0.426 e. The SMILES string of the molecule is CCCCCCC(C)C1(OC(=O)c2ccccc2C(=O)OC2(C(C)CCCCCC)N=NN=C2C(CC)CCCCC)N=NN=C1C(CC)CCCCC. The minimum atomic E-state index is -1.34. The molecule has 0 saturated carbocycles. The Morgan fingerprint density at radius 1 is 0.537 bits per heavy atom. The molecule has 2 aliphatic rings. The Bertz CT molecular complexity index is 1320. The molecule has 3 rings (SSSR count). The Morgan fingerprint density at radius 2 is 0.889 bits per heavy atom. The number of rotatable bonds is 28. The van der Waals surface area contributed by atoms with Gasteiger partial charge in [0.15, 0.2) is 0 Å². The van der Waals surface area contributed by atoms with Gasteiger partial charge in [0.25, 0.3) is 11.4 Å². The molecule has 0 aliphatic carbocycles. The van der Waals surface area contributed by atoms with Crippen molar-refractivity contribution >= 4 is 23.4 Å². The smallest absolute Gasteiger partial charge is 0.341 e. The highest BCUT2D eigenvalue weighted by molar-refractivity contribution is 6.06. The molecular formula is C44H72N6O4. The molecule has 10 heteroatoms. The van der Waals surface area contributed by atoms with Gasteiger partial charge in [-0.15, -0.1) is 20.4 Å². The van der Waals surface area contributed by atoms with Gasteiger partial charge in [-0.2, -0.15) is 0 Å². The van der Waals surface area contributed by atoms with E-state index in [9.17, 15) is 9.59 Å². The lowest BCUT2D eigenvalue weighted by Crippen LogP contribution is -2.49. The van der Waals surface area contributed by atoms with E-state index >= 15 is 0 Å². The van der Waals surface area contributed by atoms with Gasteiger partial charge >= 0.3 is 11.9 Å². The van der Waals surface area contributed by atoms with Crippen LogP contribution in [0.1, 0.15) is 205 Å². The van der Waals surface area contributed by atoms with Gasteiger partial charge in [-0.25, -0.2) is 9.59 Å². The molecule has 6 unspecified atom stereocenters. The highest BCUT2D eigenvalue weighted by Crippen LogP contribution is 2.41. The van der Waals surface area contributed by atoms with Crippen LogP contribution >= 0.6 is 0 Å². The number of carbonyl (C=O) groups excluding carboxylic acids is 2. The second-order valence-corrected chi connectivity index (χ2v) is 15.8. The maximum atomic E-state index is 14.5. The number of hydrogen-bond acceptors (Lipinski definition) is 10. The van der Waals surface area contributed by atoms with E-state index in [-0.39, 0.29) is 34.8 Å². The Hall–Kier alpha value is -3.30. The van der Waals surface area contributed by atoms with Gasteiger partial charge in [0.2, 0.25) is 0 Å². The van der Waals surface area contributed by atoms with Crippen LogP contribution in [0.2, 0.25) is 0 Å². The van der Waals surface area contributed by atoms with E-state index in [1.165, 1.54) is 0 Å². The van der Waals surface area contributed by atoms with Crippen LogP contribution in [0, 0.1) is 23.7 Å². The fourth-order valence-electron chi connectivity index (χ4n) is 8.04. The molecule has 10 nitrogen and oxygen atoms in total. The van der Waals surface area contributed by atoms with Gasteiger partial charge in [0.1, 0.15) is 11.4 Å². The zero-order chi connectivity index (χ0) is 39.4. The summed E-state index contributed by atoms with van der Waals surface area (Å²) in [5, 5.41) is 26.8. The van der Waals surface area contributed by atoms with Gasteiger partial charge in [-0.3, -0.25) is 0 Å². The van der Waals surface area contributed by atoms with Gasteiger partial charge in [-0.05, 0) is 61.1 Å². The van der Waals surface area contributed by atoms with Crippen molar-refractivity contribution in [1.29, 1.82) is 0 Å². The van der Waals surface area contributed by atoms with E-state index in [0.29, 0.717) is 11.4 Å². The zero-order valence-electron chi connectivity index (χ0n) is 35.1. The average Bonchev–Trinajstić information content (AvgIpc) is 3.80. The predicted octanol–water partition coefficient (Wildman–Crippen LogP) is 13.5. The van der Waals surface area contributed by atoms with Crippen molar-refractivity contribution in [2.45, 2.75) is 195 Å². The number of hydrogen-bond donors (Lipinski definition) is 0. The van der Waals surface area contributed by atoms with Crippen molar-refractivity contribution in [2.24, 2.45) is 54.5 Å². The predicted molar refractivity (Wildman–Crippen MR) is 219 cm³/mol. The summed E-state index contributed by atoms with van der Waals surface area (Å²) in [7, 11) is 0. The summed E-state index contributed by atoms with van der Waals surface area (Å²) in [6, 6.07) is 6.75. The number of benzene rings is 1. The molecule has 2 heterocycles. The quantitative estimate of drug-likeness (QED) is 0.0624. The molecule has 2 aliphatic heterocycles. The lowest BCUT2D eigenvalue weighted by molar-refractivity contribution is -0.0146. The van der Waals surface area contributed by atoms with E-state index in [1.54, 1.807) is 24.3 Å². The number of nitrogens with zero attached hydrogens (tertiary/aromatic N) is 6. The summed E-state index contributed by atoms with van der Waals surface area (Å²) in [6.07, 6.45) is 20.4. The van der Waals surface area contributed by atoms with Crippen molar-refractivity contribution < 1.29 is 19.1 Å². The number of esters is 2. The molecule has 302 valence electrons. The third-order valence-corrected chi connectivity index (χ3v) is 11.7. The second kappa shape index (κ2) is 23.6. The molecule has 1 aromatic carbocycles. The zero-order valence-corrected chi connectivity index (χ0v) is 35.1. The Morgan fingerprint density at radius 3 is 1.24 bits per heavy atom. The van der Waals surface area contributed by atoms with Crippen LogP contribution in [-0.4, -0.2) is 34.8 Å². The van der Waals surface area contributed by atoms with E-state index < -0.39 is 23.4 Å². The molecule has 1 aromatic rings. The lowest BCUT2D eigenvalue weighted by Gasteiger charge is -2.36. The van der Waals surface area contributed by atoms with Crippen molar-refractivity contribution in [2.75, 3.05) is 0 Å². The number of unbranched alkanes of at least 4 members (excludes halogenated alkanes) is 10. The first-order chi connectivity index (χ1) is 26.2. The molecular weight excluding hydrogens is 677 g/mol. The second-order valence-electron chi connectivity index (χ2n) is 15.8. The molecule has 0 N–H and O–H groups in total. The Balaban J connectivity index is 1.99. The summed E-state index contributed by atoms with van der Waals surface area (Å²) in [5.41, 5.74) is -1.01. The Kier molecular flexibility index (Phi) is 19.7. The van der Waals surface area contributed by atoms with Crippen LogP contribution in [0.4, 0.5) is 0 Å². The maximum Gasteiger partial charge on any atom is 0.341 e. The summed E-state index contributed by atoms with van der Waals surface area (Å²) in [6.45, 7) is 17.2. The lowest BCUT2D eigenvalue weighted by atomic mass is 9.80. The van der Waals surface area contributed by atoms with Gasteiger partial charge < -0.3 is 9.47 Å². The molecule has 54 heavy (non-hydrogen) atoms. The largest absolute Gasteiger partial charge is 0.426 e. The van der Waals surface area contributed by atoms with Crippen LogP contribution in [0.15, 0.2) is 55.1 Å². The van der Waals surface area contributed by atoms with E-state index in [2.05, 4.69) is 86.3 Å². The summed E-state index contributed by atoms with van der Waals surface area (Å²) in [5.74, 6) is -1.45. The molecule has 6 atom stereocenters. The third-order valence-electron chi connectivity index (χ3n) is 11.7. The van der Waals surface area contributed by atoms with Crippen molar-refractivity contribution in [3.8, 4) is 0 Å². The van der Waals surface area contributed by atoms with Crippen LogP contribution in [0.5, 0.6) is 0 Å². The monoisotopic (exact) mass is 749 g/mol. The number of carbonyl (C=O) groups is 2. The molecule has 0 fully saturated rings. The molecule has 0 saturated heterocycles. The van der Waals surface area contributed by atoms with Crippen LogP contribution in [0.25, 0.3) is 0 Å². The van der Waals surface area contributed by atoms with Gasteiger partial charge in [0.05, 0.1) is 11.1 Å². The van der Waals surface area contributed by atoms with E-state index in [4.69, 9.17) is 9.47 Å². The van der Waals surface area contributed by atoms with Crippen molar-refractivity contribution in [1.82, 2.24) is 0 Å². The van der Waals surface area contributed by atoms with Gasteiger partial charge in [-0.1, -0.05) is 157 Å². The summed E-state index contributed by atoms with van der Waals surface area (Å²) < 4.78 is 13.1. The van der Waals surface area contributed by atoms with Crippen LogP contribution in [-0.2, 0) is 9.47 Å². The maximum absolute atomic E-state index is 14.5. The molecule has 0 bridgehead atoms. The van der Waals surface area contributed by atoms with E-state index in [0.717, 1.165) is 128 Å². The van der Waals surface area contributed by atoms with E-state index in [1.807, 2.05) is 0 Å². The Labute approximate surface area is 326 Å². The molecule has 0 radical (unpaired) electrons. The highest BCUT2D eigenvalue weighted by atomic mass is 16.6. The van der Waals surface area contributed by atoms with Crippen LogP contribution in [0.3, 0.4) is 0 Å². The average molecular weight is 749 g/mol. The minimum absolute atomic E-state index is 0.0746. The van der Waals surface area contributed by atoms with Crippen LogP contribution < -0.4 is 0 Å².